The number of methoxy groups -OCH3 is 1. The molecule has 0 unspecified atom stereocenters. The average Bonchev–Trinajstić information content (AvgIpc) is 2.68. The molecule has 0 aliphatic heterocycles. The molecule has 0 saturated heterocycles. The molecule has 3 rings (SSSR count). The molecule has 1 aromatic carbocycles. The number of phenols is 1. The van der Waals surface area contributed by atoms with Gasteiger partial charge in [0.2, 0.25) is 0 Å². The van der Waals surface area contributed by atoms with Crippen molar-refractivity contribution < 1.29 is 9.84 Å². The number of rotatable bonds is 1. The number of pyridine rings is 1. The van der Waals surface area contributed by atoms with Crippen molar-refractivity contribution in [3.63, 3.8) is 0 Å². The molecule has 4 heteroatoms. The number of benzene rings is 1. The molecule has 17 heavy (non-hydrogen) atoms. The molecule has 4 nitrogen and oxygen atoms in total. The van der Waals surface area contributed by atoms with Gasteiger partial charge in [0.1, 0.15) is 0 Å². The third-order valence-electron chi connectivity index (χ3n) is 3.01. The first-order valence-corrected chi connectivity index (χ1v) is 5.34. The number of ether oxygens (including phenoxy) is 1. The SMILES string of the molecule is COc1cc2[nH]c3c(C)nccc3c2cc1O. The molecule has 0 amide bonds. The molecular weight excluding hydrogens is 216 g/mol. The Balaban J connectivity index is 2.48. The fourth-order valence-electron chi connectivity index (χ4n) is 2.14. The van der Waals surface area contributed by atoms with Crippen LogP contribution in [0.15, 0.2) is 24.4 Å². The first-order valence-electron chi connectivity index (χ1n) is 5.34. The smallest absolute Gasteiger partial charge is 0.162 e. The van der Waals surface area contributed by atoms with E-state index in [2.05, 4.69) is 9.97 Å². The zero-order valence-electron chi connectivity index (χ0n) is 9.61. The van der Waals surface area contributed by atoms with Crippen LogP contribution in [-0.2, 0) is 0 Å². The van der Waals surface area contributed by atoms with Gasteiger partial charge in [0.25, 0.3) is 0 Å². The second kappa shape index (κ2) is 3.38. The maximum atomic E-state index is 9.80. The van der Waals surface area contributed by atoms with Crippen molar-refractivity contribution in [2.24, 2.45) is 0 Å². The Morgan fingerprint density at radius 3 is 2.88 bits per heavy atom. The number of aromatic amines is 1. The molecule has 86 valence electrons. The van der Waals surface area contributed by atoms with Gasteiger partial charge in [-0.3, -0.25) is 4.98 Å². The van der Waals surface area contributed by atoms with Gasteiger partial charge in [-0.25, -0.2) is 0 Å². The summed E-state index contributed by atoms with van der Waals surface area (Å²) in [6.07, 6.45) is 1.77. The zero-order chi connectivity index (χ0) is 12.0. The fraction of sp³-hybridized carbons (Fsp3) is 0.154. The summed E-state index contributed by atoms with van der Waals surface area (Å²) in [6.45, 7) is 1.95. The lowest BCUT2D eigenvalue weighted by atomic mass is 10.1. The Labute approximate surface area is 97.9 Å². The summed E-state index contributed by atoms with van der Waals surface area (Å²) in [4.78, 5) is 7.54. The molecule has 0 fully saturated rings. The molecule has 2 heterocycles. The molecule has 0 aliphatic rings. The highest BCUT2D eigenvalue weighted by atomic mass is 16.5. The Kier molecular flexibility index (Phi) is 1.98. The minimum absolute atomic E-state index is 0.148. The van der Waals surface area contributed by atoms with Crippen molar-refractivity contribution in [2.75, 3.05) is 7.11 Å². The maximum absolute atomic E-state index is 9.80. The number of nitrogens with one attached hydrogen (secondary N) is 1. The summed E-state index contributed by atoms with van der Waals surface area (Å²) in [7, 11) is 1.54. The molecule has 0 atom stereocenters. The number of hydrogen-bond acceptors (Lipinski definition) is 3. The van der Waals surface area contributed by atoms with E-state index in [1.807, 2.05) is 13.0 Å². The summed E-state index contributed by atoms with van der Waals surface area (Å²) in [5.41, 5.74) is 2.87. The number of aryl methyl sites for hydroxylation is 1. The Morgan fingerprint density at radius 1 is 1.29 bits per heavy atom. The van der Waals surface area contributed by atoms with Gasteiger partial charge in [-0.1, -0.05) is 0 Å². The highest BCUT2D eigenvalue weighted by Gasteiger charge is 2.10. The summed E-state index contributed by atoms with van der Waals surface area (Å²) in [5, 5.41) is 11.8. The van der Waals surface area contributed by atoms with Crippen molar-refractivity contribution in [1.82, 2.24) is 9.97 Å². The Hall–Kier alpha value is -2.23. The van der Waals surface area contributed by atoms with Gasteiger partial charge >= 0.3 is 0 Å². The topological polar surface area (TPSA) is 58.1 Å². The zero-order valence-corrected chi connectivity index (χ0v) is 9.61. The van der Waals surface area contributed by atoms with Gasteiger partial charge in [0.05, 0.1) is 23.8 Å². The van der Waals surface area contributed by atoms with Crippen molar-refractivity contribution in [1.29, 1.82) is 0 Å². The van der Waals surface area contributed by atoms with Crippen LogP contribution in [0.4, 0.5) is 0 Å². The maximum Gasteiger partial charge on any atom is 0.162 e. The second-order valence-electron chi connectivity index (χ2n) is 4.01. The van der Waals surface area contributed by atoms with E-state index < -0.39 is 0 Å². The number of aromatic nitrogens is 2. The first-order chi connectivity index (χ1) is 8.20. The predicted octanol–water partition coefficient (Wildman–Crippen LogP) is 2.74. The van der Waals surface area contributed by atoms with Crippen LogP contribution >= 0.6 is 0 Å². The first kappa shape index (κ1) is 9.96. The Morgan fingerprint density at radius 2 is 2.12 bits per heavy atom. The van der Waals surface area contributed by atoms with Crippen LogP contribution in [0.25, 0.3) is 21.8 Å². The van der Waals surface area contributed by atoms with Crippen LogP contribution in [0.3, 0.4) is 0 Å². The molecule has 0 radical (unpaired) electrons. The lowest BCUT2D eigenvalue weighted by Gasteiger charge is -2.02. The Bertz CT molecular complexity index is 716. The number of phenolic OH excluding ortho intramolecular Hbond substituents is 1. The van der Waals surface area contributed by atoms with Crippen molar-refractivity contribution in [2.45, 2.75) is 6.92 Å². The van der Waals surface area contributed by atoms with Crippen LogP contribution in [0.1, 0.15) is 5.69 Å². The third-order valence-corrected chi connectivity index (χ3v) is 3.01. The van der Waals surface area contributed by atoms with Gasteiger partial charge in [-0.15, -0.1) is 0 Å². The average molecular weight is 228 g/mol. The second-order valence-corrected chi connectivity index (χ2v) is 4.01. The fourth-order valence-corrected chi connectivity index (χ4v) is 2.14. The van der Waals surface area contributed by atoms with E-state index in [4.69, 9.17) is 4.74 Å². The van der Waals surface area contributed by atoms with E-state index in [0.29, 0.717) is 5.75 Å². The minimum Gasteiger partial charge on any atom is -0.504 e. The van der Waals surface area contributed by atoms with Crippen molar-refractivity contribution >= 4 is 21.8 Å². The van der Waals surface area contributed by atoms with E-state index in [-0.39, 0.29) is 5.75 Å². The molecular formula is C13H12N2O2. The lowest BCUT2D eigenvalue weighted by Crippen LogP contribution is -1.83. The van der Waals surface area contributed by atoms with Crippen molar-refractivity contribution in [3.05, 3.63) is 30.1 Å². The van der Waals surface area contributed by atoms with Crippen LogP contribution in [0.5, 0.6) is 11.5 Å². The van der Waals surface area contributed by atoms with Gasteiger partial charge in [0, 0.05) is 23.0 Å². The quantitative estimate of drug-likeness (QED) is 0.673. The van der Waals surface area contributed by atoms with E-state index in [0.717, 1.165) is 27.5 Å². The molecule has 0 aliphatic carbocycles. The monoisotopic (exact) mass is 228 g/mol. The molecule has 2 N–H and O–H groups in total. The summed E-state index contributed by atoms with van der Waals surface area (Å²) < 4.78 is 5.09. The summed E-state index contributed by atoms with van der Waals surface area (Å²) in [5.74, 6) is 0.616. The van der Waals surface area contributed by atoms with Crippen LogP contribution in [-0.4, -0.2) is 22.2 Å². The van der Waals surface area contributed by atoms with E-state index in [1.54, 1.807) is 18.3 Å². The number of nitrogens with zero attached hydrogens (tertiary/aromatic N) is 1. The lowest BCUT2D eigenvalue weighted by molar-refractivity contribution is 0.374. The molecule has 2 aromatic heterocycles. The van der Waals surface area contributed by atoms with Gasteiger partial charge in [-0.05, 0) is 19.1 Å². The normalized spacial score (nSPS) is 11.2. The van der Waals surface area contributed by atoms with E-state index in [9.17, 15) is 5.11 Å². The van der Waals surface area contributed by atoms with Crippen molar-refractivity contribution in [3.8, 4) is 11.5 Å². The van der Waals surface area contributed by atoms with E-state index >= 15 is 0 Å². The minimum atomic E-state index is 0.148. The number of fused-ring (bicyclic) bond motifs is 3. The molecule has 0 bridgehead atoms. The third kappa shape index (κ3) is 1.34. The van der Waals surface area contributed by atoms with Crippen LogP contribution in [0.2, 0.25) is 0 Å². The van der Waals surface area contributed by atoms with Crippen LogP contribution in [0, 0.1) is 6.92 Å². The van der Waals surface area contributed by atoms with Gasteiger partial charge in [0.15, 0.2) is 11.5 Å². The van der Waals surface area contributed by atoms with Gasteiger partial charge in [-0.2, -0.15) is 0 Å². The summed E-state index contributed by atoms with van der Waals surface area (Å²) in [6, 6.07) is 5.45. The highest BCUT2D eigenvalue weighted by Crippen LogP contribution is 2.35. The van der Waals surface area contributed by atoms with Crippen LogP contribution < -0.4 is 4.74 Å². The molecule has 0 spiro atoms. The summed E-state index contributed by atoms with van der Waals surface area (Å²) >= 11 is 0. The predicted molar refractivity (Wildman–Crippen MR) is 66.6 cm³/mol. The van der Waals surface area contributed by atoms with E-state index in [1.165, 1.54) is 7.11 Å². The number of aromatic hydroxyl groups is 1. The molecule has 0 saturated carbocycles. The standard InChI is InChI=1S/C13H12N2O2/c1-7-13-8(3-4-14-7)9-5-11(16)12(17-2)6-10(9)15-13/h3-6,15-16H,1-2H3. The highest BCUT2D eigenvalue weighted by molar-refractivity contribution is 6.08. The number of H-pyrrole nitrogens is 1. The van der Waals surface area contributed by atoms with Gasteiger partial charge < -0.3 is 14.8 Å². The largest absolute Gasteiger partial charge is 0.504 e. The number of hydrogen-bond donors (Lipinski definition) is 2. The molecule has 3 aromatic rings.